The molecule has 2 aromatic carbocycles. The molecule has 0 aliphatic carbocycles. The molecule has 12 heteroatoms. The van der Waals surface area contributed by atoms with E-state index in [1.54, 1.807) is 26.6 Å². The van der Waals surface area contributed by atoms with Crippen LogP contribution in [0.1, 0.15) is 30.7 Å². The molecule has 3 aliphatic rings. The van der Waals surface area contributed by atoms with Crippen molar-refractivity contribution in [1.29, 1.82) is 0 Å². The quantitative estimate of drug-likeness (QED) is 0.166. The van der Waals surface area contributed by atoms with Crippen LogP contribution in [0, 0.1) is 5.92 Å². The average Bonchev–Trinajstić information content (AvgIpc) is 3.79. The van der Waals surface area contributed by atoms with Gasteiger partial charge in [0.2, 0.25) is 11.8 Å². The van der Waals surface area contributed by atoms with E-state index >= 15 is 0 Å². The lowest BCUT2D eigenvalue weighted by molar-refractivity contribution is 0.295. The van der Waals surface area contributed by atoms with E-state index in [4.69, 9.17) is 47.6 Å². The number of halogens is 2. The highest BCUT2D eigenvalue weighted by Gasteiger charge is 2.38. The maximum absolute atomic E-state index is 7.11. The molecule has 0 bridgehead atoms. The number of methoxy groups -OCH3 is 2. The summed E-state index contributed by atoms with van der Waals surface area (Å²) in [7, 11) is 3.22. The monoisotopic (exact) mass is 698 g/mol. The van der Waals surface area contributed by atoms with Gasteiger partial charge in [-0.2, -0.15) is 0 Å². The van der Waals surface area contributed by atoms with Crippen LogP contribution in [0.3, 0.4) is 0 Å². The molecule has 2 aromatic heterocycles. The minimum absolute atomic E-state index is 0.366. The molecule has 3 saturated heterocycles. The van der Waals surface area contributed by atoms with Crippen LogP contribution in [-0.4, -0.2) is 70.8 Å². The van der Waals surface area contributed by atoms with Crippen LogP contribution in [0.4, 0.5) is 0 Å². The van der Waals surface area contributed by atoms with E-state index in [9.17, 15) is 0 Å². The van der Waals surface area contributed by atoms with Crippen LogP contribution in [0.5, 0.6) is 11.8 Å². The Morgan fingerprint density at radius 3 is 2.04 bits per heavy atom. The van der Waals surface area contributed by atoms with Crippen molar-refractivity contribution in [3.8, 4) is 45.4 Å². The fourth-order valence-electron chi connectivity index (χ4n) is 7.09. The predicted molar refractivity (Wildman–Crippen MR) is 194 cm³/mol. The Bertz CT molecular complexity index is 1890. The molecule has 0 spiro atoms. The standard InChI is InChI=1S/C37H40Cl2N8O2/c1-21-11-12-24(43-21)14-40-15-31-36(48-3)45-29(16-41-31)27-9-5-7-25(34(27)38)26-8-6-10-28(35(26)39)30-17-42-33(37(46-30)49-4)20-47-18-23-13-22(2)44-32(23)19-47/h5-10,16-17,23-24,32,40,43-44H,1-2,11-15,18-20H2,3-4H3/t23-,24+,32+/m1/s1. The van der Waals surface area contributed by atoms with Crippen molar-refractivity contribution < 1.29 is 9.47 Å². The molecule has 49 heavy (non-hydrogen) atoms. The van der Waals surface area contributed by atoms with E-state index in [2.05, 4.69) is 39.0 Å². The molecule has 4 aromatic rings. The lowest BCUT2D eigenvalue weighted by Crippen LogP contribution is -2.33. The van der Waals surface area contributed by atoms with Crippen molar-refractivity contribution in [1.82, 2.24) is 40.8 Å². The van der Waals surface area contributed by atoms with Crippen molar-refractivity contribution in [3.63, 3.8) is 0 Å². The summed E-state index contributed by atoms with van der Waals surface area (Å²) >= 11 is 14.2. The molecule has 7 rings (SSSR count). The lowest BCUT2D eigenvalue weighted by atomic mass is 9.98. The number of nitrogens with one attached hydrogen (secondary N) is 3. The molecule has 0 radical (unpaired) electrons. The van der Waals surface area contributed by atoms with E-state index in [0.29, 0.717) is 64.3 Å². The number of nitrogens with zero attached hydrogens (tertiary/aromatic N) is 5. The van der Waals surface area contributed by atoms with Gasteiger partial charge in [-0.1, -0.05) is 72.8 Å². The van der Waals surface area contributed by atoms with Gasteiger partial charge in [-0.05, 0) is 25.2 Å². The van der Waals surface area contributed by atoms with Gasteiger partial charge < -0.3 is 25.4 Å². The van der Waals surface area contributed by atoms with Crippen LogP contribution >= 0.6 is 23.2 Å². The highest BCUT2D eigenvalue weighted by Crippen LogP contribution is 2.42. The van der Waals surface area contributed by atoms with E-state index in [1.165, 1.54) is 0 Å². The predicted octanol–water partition coefficient (Wildman–Crippen LogP) is 6.25. The number of fused-ring (bicyclic) bond motifs is 1. The number of aromatic nitrogens is 4. The smallest absolute Gasteiger partial charge is 0.237 e. The van der Waals surface area contributed by atoms with Crippen molar-refractivity contribution in [2.75, 3.05) is 33.9 Å². The summed E-state index contributed by atoms with van der Waals surface area (Å²) in [6.07, 6.45) is 6.58. The molecule has 0 amide bonds. The topological polar surface area (TPSA) is 109 Å². The van der Waals surface area contributed by atoms with Crippen LogP contribution in [-0.2, 0) is 13.1 Å². The molecule has 10 nitrogen and oxygen atoms in total. The largest absolute Gasteiger partial charge is 0.480 e. The average molecular weight is 700 g/mol. The molecule has 3 N–H and O–H groups in total. The first kappa shape index (κ1) is 33.3. The van der Waals surface area contributed by atoms with Gasteiger partial charge in [0.25, 0.3) is 0 Å². The number of ether oxygens (including phenoxy) is 2. The highest BCUT2D eigenvalue weighted by molar-refractivity contribution is 6.39. The van der Waals surface area contributed by atoms with Crippen molar-refractivity contribution in [2.24, 2.45) is 5.92 Å². The zero-order valence-electron chi connectivity index (χ0n) is 27.7. The molecule has 3 atom stereocenters. The van der Waals surface area contributed by atoms with Gasteiger partial charge >= 0.3 is 0 Å². The summed E-state index contributed by atoms with van der Waals surface area (Å²) in [5, 5.41) is 11.4. The molecule has 0 unspecified atom stereocenters. The first-order chi connectivity index (χ1) is 23.8. The van der Waals surface area contributed by atoms with E-state index in [1.807, 2.05) is 36.4 Å². The number of benzene rings is 2. The van der Waals surface area contributed by atoms with Gasteiger partial charge in [0.1, 0.15) is 11.4 Å². The zero-order chi connectivity index (χ0) is 34.1. The van der Waals surface area contributed by atoms with Gasteiger partial charge in [0, 0.05) is 78.5 Å². The molecule has 5 heterocycles. The van der Waals surface area contributed by atoms with E-state index in [-0.39, 0.29) is 0 Å². The van der Waals surface area contributed by atoms with Crippen LogP contribution in [0.15, 0.2) is 73.3 Å². The summed E-state index contributed by atoms with van der Waals surface area (Å²) < 4.78 is 11.3. The van der Waals surface area contributed by atoms with E-state index < -0.39 is 0 Å². The first-order valence-corrected chi connectivity index (χ1v) is 17.3. The molecular formula is C37H40Cl2N8O2. The maximum Gasteiger partial charge on any atom is 0.237 e. The Morgan fingerprint density at radius 1 is 0.837 bits per heavy atom. The van der Waals surface area contributed by atoms with Crippen LogP contribution in [0.25, 0.3) is 33.6 Å². The van der Waals surface area contributed by atoms with Gasteiger partial charge in [-0.15, -0.1) is 0 Å². The second-order valence-electron chi connectivity index (χ2n) is 12.9. The first-order valence-electron chi connectivity index (χ1n) is 16.5. The number of hydrogen-bond acceptors (Lipinski definition) is 10. The third kappa shape index (κ3) is 6.96. The Labute approximate surface area is 297 Å². The zero-order valence-corrected chi connectivity index (χ0v) is 29.2. The summed E-state index contributed by atoms with van der Waals surface area (Å²) in [6.45, 7) is 12.0. The summed E-state index contributed by atoms with van der Waals surface area (Å²) in [6, 6.07) is 12.4. The number of allylic oxidation sites excluding steroid dienone is 2. The minimum atomic E-state index is 0.366. The Balaban J connectivity index is 1.10. The van der Waals surface area contributed by atoms with Crippen molar-refractivity contribution in [2.45, 2.75) is 44.4 Å². The van der Waals surface area contributed by atoms with Crippen molar-refractivity contribution in [3.05, 3.63) is 94.8 Å². The SMILES string of the molecule is C=C1CC[C@@H](CNCc2ncc(-c3cccc(-c4cccc(-c5cnc(CN6C[C@H]7CC(=C)N[C@H]7C6)c(OC)n5)c4Cl)c3Cl)nc2OC)N1. The number of likely N-dealkylation sites (tertiary alicyclic amines) is 1. The fraction of sp³-hybridized carbons (Fsp3) is 0.351. The Kier molecular flexibility index (Phi) is 9.73. The van der Waals surface area contributed by atoms with Crippen LogP contribution in [0.2, 0.25) is 10.0 Å². The molecular weight excluding hydrogens is 659 g/mol. The number of rotatable bonds is 11. The number of hydrogen-bond donors (Lipinski definition) is 3. The van der Waals surface area contributed by atoms with Gasteiger partial charge in [0.05, 0.1) is 48.0 Å². The van der Waals surface area contributed by atoms with E-state index in [0.717, 1.165) is 83.9 Å². The van der Waals surface area contributed by atoms with Gasteiger partial charge in [0.15, 0.2) is 0 Å². The molecule has 0 saturated carbocycles. The molecule has 3 fully saturated rings. The fourth-order valence-corrected chi connectivity index (χ4v) is 7.74. The Hall–Kier alpha value is -4.22. The minimum Gasteiger partial charge on any atom is -0.480 e. The third-order valence-electron chi connectivity index (χ3n) is 9.52. The van der Waals surface area contributed by atoms with Gasteiger partial charge in [-0.25, -0.2) is 9.97 Å². The maximum atomic E-state index is 7.11. The normalized spacial score (nSPS) is 20.3. The second-order valence-corrected chi connectivity index (χ2v) is 13.6. The second kappa shape index (κ2) is 14.3. The molecule has 254 valence electrons. The summed E-state index contributed by atoms with van der Waals surface area (Å²) in [5.41, 5.74) is 7.92. The molecule has 3 aliphatic heterocycles. The summed E-state index contributed by atoms with van der Waals surface area (Å²) in [4.78, 5) is 21.5. The van der Waals surface area contributed by atoms with Gasteiger partial charge in [-0.3, -0.25) is 14.9 Å². The van der Waals surface area contributed by atoms with Crippen molar-refractivity contribution >= 4 is 23.2 Å². The lowest BCUT2D eigenvalue weighted by Gasteiger charge is -2.18. The Morgan fingerprint density at radius 2 is 1.45 bits per heavy atom. The highest BCUT2D eigenvalue weighted by atomic mass is 35.5. The summed E-state index contributed by atoms with van der Waals surface area (Å²) in [5.74, 6) is 1.51. The third-order valence-corrected chi connectivity index (χ3v) is 10.3. The van der Waals surface area contributed by atoms with Crippen LogP contribution < -0.4 is 25.4 Å².